The summed E-state index contributed by atoms with van der Waals surface area (Å²) in [5, 5.41) is 3.30. The van der Waals surface area contributed by atoms with Gasteiger partial charge >= 0.3 is 0 Å². The van der Waals surface area contributed by atoms with Crippen LogP contribution in [0.4, 0.5) is 5.82 Å². The van der Waals surface area contributed by atoms with E-state index in [9.17, 15) is 0 Å². The van der Waals surface area contributed by atoms with Gasteiger partial charge in [-0.1, -0.05) is 20.8 Å². The summed E-state index contributed by atoms with van der Waals surface area (Å²) < 4.78 is 6.09. The Morgan fingerprint density at radius 2 is 2.11 bits per heavy atom. The highest BCUT2D eigenvalue weighted by Gasteiger charge is 2.18. The molecule has 2 aromatic rings. The standard InChI is InChI=1S/C14H18BrN3O/c1-14(2,3)13-17-11(15)9-12(18-13)16-7-6-10-5-4-8-19-10/h4-5,8-9H,6-7H2,1-3H3,(H,16,17,18). The van der Waals surface area contributed by atoms with E-state index in [-0.39, 0.29) is 5.41 Å². The average Bonchev–Trinajstić information content (AvgIpc) is 2.80. The summed E-state index contributed by atoms with van der Waals surface area (Å²) in [5.41, 5.74) is -0.0682. The first kappa shape index (κ1) is 14.1. The van der Waals surface area contributed by atoms with Gasteiger partial charge in [-0.05, 0) is 28.1 Å². The minimum absolute atomic E-state index is 0.0682. The van der Waals surface area contributed by atoms with Crippen LogP contribution in [0.2, 0.25) is 0 Å². The van der Waals surface area contributed by atoms with Crippen molar-refractivity contribution in [2.45, 2.75) is 32.6 Å². The highest BCUT2D eigenvalue weighted by Crippen LogP contribution is 2.22. The van der Waals surface area contributed by atoms with Gasteiger partial charge in [0.05, 0.1) is 6.26 Å². The summed E-state index contributed by atoms with van der Waals surface area (Å²) in [5.74, 6) is 2.62. The number of hydrogen-bond acceptors (Lipinski definition) is 4. The second-order valence-corrected chi connectivity index (χ2v) is 6.22. The molecule has 0 saturated carbocycles. The molecule has 2 aromatic heterocycles. The molecule has 0 unspecified atom stereocenters. The van der Waals surface area contributed by atoms with Crippen LogP contribution >= 0.6 is 15.9 Å². The van der Waals surface area contributed by atoms with Crippen molar-refractivity contribution in [3.63, 3.8) is 0 Å². The van der Waals surface area contributed by atoms with Crippen LogP contribution in [0.1, 0.15) is 32.4 Å². The molecule has 0 aliphatic heterocycles. The summed E-state index contributed by atoms with van der Waals surface area (Å²) >= 11 is 3.43. The lowest BCUT2D eigenvalue weighted by molar-refractivity contribution is 0.512. The normalized spacial score (nSPS) is 11.6. The van der Waals surface area contributed by atoms with Crippen LogP contribution in [0.15, 0.2) is 33.5 Å². The van der Waals surface area contributed by atoms with Crippen LogP contribution in [-0.2, 0) is 11.8 Å². The predicted molar refractivity (Wildman–Crippen MR) is 79.3 cm³/mol. The van der Waals surface area contributed by atoms with Gasteiger partial charge < -0.3 is 9.73 Å². The largest absolute Gasteiger partial charge is 0.469 e. The molecule has 1 N–H and O–H groups in total. The Balaban J connectivity index is 2.02. The van der Waals surface area contributed by atoms with Crippen LogP contribution in [-0.4, -0.2) is 16.5 Å². The molecule has 0 saturated heterocycles. The van der Waals surface area contributed by atoms with Crippen LogP contribution in [0.25, 0.3) is 0 Å². The van der Waals surface area contributed by atoms with E-state index in [1.54, 1.807) is 6.26 Å². The van der Waals surface area contributed by atoms with Crippen LogP contribution in [0.5, 0.6) is 0 Å². The molecule has 2 rings (SSSR count). The molecular weight excluding hydrogens is 306 g/mol. The first-order chi connectivity index (χ1) is 8.95. The van der Waals surface area contributed by atoms with E-state index in [0.717, 1.165) is 35.0 Å². The van der Waals surface area contributed by atoms with E-state index >= 15 is 0 Å². The van der Waals surface area contributed by atoms with Crippen molar-refractivity contribution in [1.82, 2.24) is 9.97 Å². The Kier molecular flexibility index (Phi) is 4.24. The third-order valence-corrected chi connectivity index (χ3v) is 3.03. The summed E-state index contributed by atoms with van der Waals surface area (Å²) in [6, 6.07) is 5.75. The molecule has 19 heavy (non-hydrogen) atoms. The molecule has 4 nitrogen and oxygen atoms in total. The van der Waals surface area contributed by atoms with Gasteiger partial charge in [0.15, 0.2) is 0 Å². The number of furan rings is 1. The van der Waals surface area contributed by atoms with Crippen LogP contribution < -0.4 is 5.32 Å². The lowest BCUT2D eigenvalue weighted by Crippen LogP contribution is -2.17. The molecule has 5 heteroatoms. The molecule has 0 aromatic carbocycles. The lowest BCUT2D eigenvalue weighted by atomic mass is 9.96. The van der Waals surface area contributed by atoms with Gasteiger partial charge in [0.25, 0.3) is 0 Å². The van der Waals surface area contributed by atoms with Gasteiger partial charge in [0, 0.05) is 24.4 Å². The monoisotopic (exact) mass is 323 g/mol. The van der Waals surface area contributed by atoms with Crippen molar-refractivity contribution >= 4 is 21.7 Å². The number of halogens is 1. The van der Waals surface area contributed by atoms with E-state index in [1.807, 2.05) is 18.2 Å². The topological polar surface area (TPSA) is 51.0 Å². The maximum absolute atomic E-state index is 5.29. The summed E-state index contributed by atoms with van der Waals surface area (Å²) in [6.45, 7) is 7.07. The quantitative estimate of drug-likeness (QED) is 0.870. The molecule has 0 aliphatic carbocycles. The summed E-state index contributed by atoms with van der Waals surface area (Å²) in [4.78, 5) is 8.95. The second kappa shape index (κ2) is 5.74. The maximum Gasteiger partial charge on any atom is 0.137 e. The second-order valence-electron chi connectivity index (χ2n) is 5.41. The molecule has 0 atom stereocenters. The van der Waals surface area contributed by atoms with Gasteiger partial charge in [-0.15, -0.1) is 0 Å². The Morgan fingerprint density at radius 1 is 1.32 bits per heavy atom. The minimum atomic E-state index is -0.0682. The van der Waals surface area contributed by atoms with E-state index < -0.39 is 0 Å². The Labute approximate surface area is 121 Å². The number of rotatable bonds is 4. The number of nitrogens with one attached hydrogen (secondary N) is 1. The fourth-order valence-electron chi connectivity index (χ4n) is 1.61. The fourth-order valence-corrected chi connectivity index (χ4v) is 2.00. The van der Waals surface area contributed by atoms with Gasteiger partial charge in [-0.25, -0.2) is 9.97 Å². The van der Waals surface area contributed by atoms with Crippen molar-refractivity contribution in [3.8, 4) is 0 Å². The Morgan fingerprint density at radius 3 is 2.74 bits per heavy atom. The van der Waals surface area contributed by atoms with Crippen molar-refractivity contribution in [1.29, 1.82) is 0 Å². The van der Waals surface area contributed by atoms with E-state index in [1.165, 1.54) is 0 Å². The molecule has 0 aliphatic rings. The van der Waals surface area contributed by atoms with Crippen LogP contribution in [0, 0.1) is 0 Å². The zero-order valence-electron chi connectivity index (χ0n) is 11.4. The number of anilines is 1. The van der Waals surface area contributed by atoms with Gasteiger partial charge in [-0.2, -0.15) is 0 Å². The summed E-state index contributed by atoms with van der Waals surface area (Å²) in [6.07, 6.45) is 2.52. The zero-order valence-corrected chi connectivity index (χ0v) is 13.0. The van der Waals surface area contributed by atoms with Gasteiger partial charge in [0.1, 0.15) is 22.0 Å². The fraction of sp³-hybridized carbons (Fsp3) is 0.429. The average molecular weight is 324 g/mol. The molecule has 0 radical (unpaired) electrons. The van der Waals surface area contributed by atoms with Crippen LogP contribution in [0.3, 0.4) is 0 Å². The van der Waals surface area contributed by atoms with E-state index in [0.29, 0.717) is 0 Å². The maximum atomic E-state index is 5.29. The third-order valence-electron chi connectivity index (χ3n) is 2.62. The zero-order chi connectivity index (χ0) is 13.9. The molecular formula is C14H18BrN3O. The molecule has 0 amide bonds. The Hall–Kier alpha value is -1.36. The summed E-state index contributed by atoms with van der Waals surface area (Å²) in [7, 11) is 0. The highest BCUT2D eigenvalue weighted by molar-refractivity contribution is 9.10. The first-order valence-corrected chi connectivity index (χ1v) is 7.06. The van der Waals surface area contributed by atoms with Gasteiger partial charge in [-0.3, -0.25) is 0 Å². The van der Waals surface area contributed by atoms with Crippen molar-refractivity contribution < 1.29 is 4.42 Å². The first-order valence-electron chi connectivity index (χ1n) is 6.26. The number of hydrogen-bond donors (Lipinski definition) is 1. The number of nitrogens with zero attached hydrogens (tertiary/aromatic N) is 2. The molecule has 0 fully saturated rings. The lowest BCUT2D eigenvalue weighted by Gasteiger charge is -2.17. The van der Waals surface area contributed by atoms with Crippen molar-refractivity contribution in [3.05, 3.63) is 40.7 Å². The smallest absolute Gasteiger partial charge is 0.137 e. The highest BCUT2D eigenvalue weighted by atomic mass is 79.9. The Bertz CT molecular complexity index is 532. The number of aromatic nitrogens is 2. The molecule has 0 spiro atoms. The predicted octanol–water partition coefficient (Wildman–Crippen LogP) is 3.78. The molecule has 2 heterocycles. The SMILES string of the molecule is CC(C)(C)c1nc(Br)cc(NCCc2ccco2)n1. The van der Waals surface area contributed by atoms with E-state index in [4.69, 9.17) is 4.42 Å². The van der Waals surface area contributed by atoms with Gasteiger partial charge in [0.2, 0.25) is 0 Å². The molecule has 0 bridgehead atoms. The van der Waals surface area contributed by atoms with Crippen molar-refractivity contribution in [2.75, 3.05) is 11.9 Å². The molecule has 102 valence electrons. The third kappa shape index (κ3) is 4.06. The van der Waals surface area contributed by atoms with Crippen molar-refractivity contribution in [2.24, 2.45) is 0 Å². The minimum Gasteiger partial charge on any atom is -0.469 e. The van der Waals surface area contributed by atoms with E-state index in [2.05, 4.69) is 52.0 Å².